The lowest BCUT2D eigenvalue weighted by molar-refractivity contribution is 0.0952. The minimum Gasteiger partial charge on any atom is -0.507 e. The molecule has 1 amide bonds. The smallest absolute Gasteiger partial charge is 0.275 e. The van der Waals surface area contributed by atoms with Crippen molar-refractivity contribution in [3.8, 4) is 5.75 Å². The van der Waals surface area contributed by atoms with E-state index in [2.05, 4.69) is 15.1 Å². The van der Waals surface area contributed by atoms with E-state index in [0.717, 1.165) is 22.2 Å². The highest BCUT2D eigenvalue weighted by molar-refractivity contribution is 6.02. The molecule has 0 aliphatic heterocycles. The number of fused-ring (bicyclic) bond motifs is 1. The number of hydrogen-bond donors (Lipinski definition) is 2. The Bertz CT molecular complexity index is 910. The van der Waals surface area contributed by atoms with E-state index in [9.17, 15) is 9.90 Å². The Morgan fingerprint density at radius 1 is 1.17 bits per heavy atom. The number of aromatic nitrogens is 1. The van der Waals surface area contributed by atoms with E-state index >= 15 is 0 Å². The topological polar surface area (TPSA) is 66.6 Å². The zero-order chi connectivity index (χ0) is 16.4. The van der Waals surface area contributed by atoms with Crippen LogP contribution in [0.2, 0.25) is 0 Å². The Balaban J connectivity index is 1.86. The lowest BCUT2D eigenvalue weighted by atomic mass is 10.1. The van der Waals surface area contributed by atoms with Crippen molar-refractivity contribution in [1.82, 2.24) is 9.99 Å². The van der Waals surface area contributed by atoms with Crippen molar-refractivity contribution in [2.24, 2.45) is 12.1 Å². The van der Waals surface area contributed by atoms with Crippen LogP contribution in [0.25, 0.3) is 10.9 Å². The van der Waals surface area contributed by atoms with Crippen LogP contribution in [0, 0.1) is 6.92 Å². The van der Waals surface area contributed by atoms with Crippen LogP contribution in [0.15, 0.2) is 53.6 Å². The molecule has 5 nitrogen and oxygen atoms in total. The van der Waals surface area contributed by atoms with Crippen molar-refractivity contribution >= 4 is 23.0 Å². The lowest BCUT2D eigenvalue weighted by Gasteiger charge is -2.02. The number of phenolic OH excluding ortho intramolecular Hbond substituents is 1. The summed E-state index contributed by atoms with van der Waals surface area (Å²) in [5.74, 6) is -0.515. The predicted octanol–water partition coefficient (Wildman–Crippen LogP) is 2.96. The van der Waals surface area contributed by atoms with E-state index in [1.807, 2.05) is 38.2 Å². The van der Waals surface area contributed by atoms with E-state index in [-0.39, 0.29) is 11.3 Å². The second kappa shape index (κ2) is 5.96. The Morgan fingerprint density at radius 3 is 2.65 bits per heavy atom. The Labute approximate surface area is 133 Å². The van der Waals surface area contributed by atoms with E-state index in [4.69, 9.17) is 0 Å². The molecule has 0 saturated carbocycles. The predicted molar refractivity (Wildman–Crippen MR) is 90.8 cm³/mol. The second-order valence-corrected chi connectivity index (χ2v) is 5.29. The average molecular weight is 307 g/mol. The molecule has 0 radical (unpaired) electrons. The summed E-state index contributed by atoms with van der Waals surface area (Å²) in [4.78, 5) is 12.0. The minimum atomic E-state index is -0.447. The van der Waals surface area contributed by atoms with Crippen LogP contribution in [0.4, 0.5) is 0 Å². The molecule has 3 aromatic rings. The quantitative estimate of drug-likeness (QED) is 0.577. The minimum absolute atomic E-state index is 0.0680. The second-order valence-electron chi connectivity index (χ2n) is 5.29. The van der Waals surface area contributed by atoms with Gasteiger partial charge in [0, 0.05) is 29.2 Å². The van der Waals surface area contributed by atoms with Crippen molar-refractivity contribution in [1.29, 1.82) is 0 Å². The summed E-state index contributed by atoms with van der Waals surface area (Å²) in [6.45, 7) is 2.01. The van der Waals surface area contributed by atoms with Gasteiger partial charge < -0.3 is 9.67 Å². The van der Waals surface area contributed by atoms with Gasteiger partial charge in [0.2, 0.25) is 0 Å². The van der Waals surface area contributed by atoms with Gasteiger partial charge >= 0.3 is 0 Å². The van der Waals surface area contributed by atoms with Gasteiger partial charge in [-0.25, -0.2) is 5.43 Å². The number of aryl methyl sites for hydroxylation is 1. The van der Waals surface area contributed by atoms with Gasteiger partial charge in [0.15, 0.2) is 0 Å². The number of nitrogens with one attached hydrogen (secondary N) is 1. The Kier molecular flexibility index (Phi) is 3.85. The number of para-hydroxylation sites is 2. The number of phenols is 1. The number of carbonyl (C=O) groups is 1. The summed E-state index contributed by atoms with van der Waals surface area (Å²) in [6.07, 6.45) is 1.63. The van der Waals surface area contributed by atoms with Gasteiger partial charge in [-0.05, 0) is 25.1 Å². The summed E-state index contributed by atoms with van der Waals surface area (Å²) in [7, 11) is 2.00. The normalized spacial score (nSPS) is 11.2. The molecule has 2 aromatic carbocycles. The van der Waals surface area contributed by atoms with Gasteiger partial charge in [0.05, 0.1) is 11.8 Å². The van der Waals surface area contributed by atoms with Crippen molar-refractivity contribution in [2.75, 3.05) is 0 Å². The monoisotopic (exact) mass is 307 g/mol. The van der Waals surface area contributed by atoms with Gasteiger partial charge in [-0.15, -0.1) is 0 Å². The first kappa shape index (κ1) is 14.8. The van der Waals surface area contributed by atoms with Gasteiger partial charge in [0.25, 0.3) is 5.91 Å². The summed E-state index contributed by atoms with van der Waals surface area (Å²) in [5, 5.41) is 14.8. The number of hydrazone groups is 1. The number of aromatic hydroxyl groups is 1. The molecule has 0 fully saturated rings. The third-order valence-electron chi connectivity index (χ3n) is 3.96. The Hall–Kier alpha value is -3.08. The molecule has 0 saturated heterocycles. The van der Waals surface area contributed by atoms with Crippen LogP contribution >= 0.6 is 0 Å². The molecule has 2 N–H and O–H groups in total. The number of carbonyl (C=O) groups excluding carboxylic acids is 1. The number of benzene rings is 2. The van der Waals surface area contributed by atoms with Crippen LogP contribution < -0.4 is 5.43 Å². The van der Waals surface area contributed by atoms with Crippen LogP contribution in [0.5, 0.6) is 5.75 Å². The highest BCUT2D eigenvalue weighted by Crippen LogP contribution is 2.23. The molecule has 5 heteroatoms. The zero-order valence-corrected chi connectivity index (χ0v) is 12.9. The molecule has 0 spiro atoms. The first-order valence-electron chi connectivity index (χ1n) is 7.25. The van der Waals surface area contributed by atoms with E-state index in [1.54, 1.807) is 24.4 Å². The third kappa shape index (κ3) is 2.68. The van der Waals surface area contributed by atoms with Crippen LogP contribution in [0.3, 0.4) is 0 Å². The fourth-order valence-corrected chi connectivity index (χ4v) is 2.59. The molecule has 0 atom stereocenters. The molecule has 1 heterocycles. The number of hydrogen-bond acceptors (Lipinski definition) is 3. The van der Waals surface area contributed by atoms with Crippen molar-refractivity contribution in [3.05, 3.63) is 65.4 Å². The van der Waals surface area contributed by atoms with Gasteiger partial charge in [0.1, 0.15) is 5.75 Å². The maximum absolute atomic E-state index is 12.0. The summed E-state index contributed by atoms with van der Waals surface area (Å²) < 4.78 is 2.08. The summed E-state index contributed by atoms with van der Waals surface area (Å²) in [6, 6.07) is 14.4. The average Bonchev–Trinajstić information content (AvgIpc) is 2.80. The first-order chi connectivity index (χ1) is 11.1. The Morgan fingerprint density at radius 2 is 1.87 bits per heavy atom. The van der Waals surface area contributed by atoms with Crippen molar-refractivity contribution < 1.29 is 9.90 Å². The van der Waals surface area contributed by atoms with Crippen molar-refractivity contribution in [2.45, 2.75) is 6.92 Å². The third-order valence-corrected chi connectivity index (χ3v) is 3.96. The zero-order valence-electron chi connectivity index (χ0n) is 12.9. The molecule has 1 aromatic heterocycles. The largest absolute Gasteiger partial charge is 0.507 e. The number of amides is 1. The molecule has 23 heavy (non-hydrogen) atoms. The summed E-state index contributed by atoms with van der Waals surface area (Å²) >= 11 is 0. The molecular formula is C18H17N3O2. The molecular weight excluding hydrogens is 290 g/mol. The molecule has 0 unspecified atom stereocenters. The molecule has 0 aliphatic rings. The van der Waals surface area contributed by atoms with Crippen LogP contribution in [0.1, 0.15) is 21.6 Å². The van der Waals surface area contributed by atoms with Gasteiger partial charge in [-0.3, -0.25) is 4.79 Å². The SMILES string of the molecule is Cc1c(/C=N\NC(=O)c2ccccc2O)c2ccccc2n1C. The highest BCUT2D eigenvalue weighted by Gasteiger charge is 2.11. The first-order valence-corrected chi connectivity index (χ1v) is 7.25. The van der Waals surface area contributed by atoms with E-state index in [0.29, 0.717) is 0 Å². The van der Waals surface area contributed by atoms with Crippen LogP contribution in [-0.4, -0.2) is 21.8 Å². The van der Waals surface area contributed by atoms with E-state index in [1.165, 1.54) is 6.07 Å². The maximum Gasteiger partial charge on any atom is 0.275 e. The molecule has 0 aliphatic carbocycles. The summed E-state index contributed by atoms with van der Waals surface area (Å²) in [5.41, 5.74) is 5.77. The van der Waals surface area contributed by atoms with Crippen LogP contribution in [-0.2, 0) is 7.05 Å². The maximum atomic E-state index is 12.0. The number of nitrogens with zero attached hydrogens (tertiary/aromatic N) is 2. The van der Waals surface area contributed by atoms with Gasteiger partial charge in [-0.1, -0.05) is 30.3 Å². The standard InChI is InChI=1S/C18H17N3O2/c1-12-15(13-7-3-5-9-16(13)21(12)2)11-19-20-18(23)14-8-4-6-10-17(14)22/h3-11,22H,1-2H3,(H,20,23)/b19-11-. The fraction of sp³-hybridized carbons (Fsp3) is 0.111. The van der Waals surface area contributed by atoms with E-state index < -0.39 is 5.91 Å². The number of rotatable bonds is 3. The van der Waals surface area contributed by atoms with Crippen molar-refractivity contribution in [3.63, 3.8) is 0 Å². The molecule has 0 bridgehead atoms. The van der Waals surface area contributed by atoms with Gasteiger partial charge in [-0.2, -0.15) is 5.10 Å². The lowest BCUT2D eigenvalue weighted by Crippen LogP contribution is -2.17. The fourth-order valence-electron chi connectivity index (χ4n) is 2.59. The molecule has 116 valence electrons. The highest BCUT2D eigenvalue weighted by atomic mass is 16.3. The molecule has 3 rings (SSSR count).